The Morgan fingerprint density at radius 3 is 2.62 bits per heavy atom. The molecular weight excluding hydrogens is 302 g/mol. The van der Waals surface area contributed by atoms with Gasteiger partial charge in [-0.2, -0.15) is 0 Å². The molecule has 1 atom stereocenters. The molecule has 3 rings (SSSR count). The van der Waals surface area contributed by atoms with E-state index in [1.165, 1.54) is 0 Å². The zero-order chi connectivity index (χ0) is 17.1. The molecule has 0 spiro atoms. The molecule has 4 heteroatoms. The van der Waals surface area contributed by atoms with Crippen LogP contribution in [-0.2, 0) is 6.54 Å². The van der Waals surface area contributed by atoms with E-state index in [-0.39, 0.29) is 5.63 Å². The Kier molecular flexibility index (Phi) is 4.79. The van der Waals surface area contributed by atoms with E-state index >= 15 is 0 Å². The predicted molar refractivity (Wildman–Crippen MR) is 93.9 cm³/mol. The van der Waals surface area contributed by atoms with Crippen LogP contribution in [0.15, 0.2) is 57.7 Å². The van der Waals surface area contributed by atoms with Crippen molar-refractivity contribution in [3.63, 3.8) is 0 Å². The summed E-state index contributed by atoms with van der Waals surface area (Å²) in [6, 6.07) is 15.2. The van der Waals surface area contributed by atoms with Gasteiger partial charge in [0.2, 0.25) is 0 Å². The summed E-state index contributed by atoms with van der Waals surface area (Å²) >= 11 is 0. The van der Waals surface area contributed by atoms with Crippen LogP contribution in [0.25, 0.3) is 11.0 Å². The number of benzene rings is 2. The van der Waals surface area contributed by atoms with Crippen LogP contribution in [-0.4, -0.2) is 11.7 Å². The summed E-state index contributed by atoms with van der Waals surface area (Å²) in [5.74, 6) is 0. The maximum absolute atomic E-state index is 11.9. The van der Waals surface area contributed by atoms with Crippen molar-refractivity contribution in [1.29, 1.82) is 0 Å². The van der Waals surface area contributed by atoms with Crippen molar-refractivity contribution in [3.05, 3.63) is 81.2 Å². The van der Waals surface area contributed by atoms with E-state index in [0.717, 1.165) is 27.6 Å². The van der Waals surface area contributed by atoms with E-state index in [1.54, 1.807) is 6.07 Å². The van der Waals surface area contributed by atoms with Gasteiger partial charge in [-0.3, -0.25) is 0 Å². The van der Waals surface area contributed by atoms with Gasteiger partial charge >= 0.3 is 5.63 Å². The average molecular weight is 324 g/mol. The lowest BCUT2D eigenvalue weighted by Crippen LogP contribution is -2.83. The largest absolute Gasteiger partial charge is 0.422 e. The third-order valence-electron chi connectivity index (χ3n) is 4.46. The number of hydrogen-bond acceptors (Lipinski definition) is 3. The van der Waals surface area contributed by atoms with Crippen molar-refractivity contribution in [2.24, 2.45) is 0 Å². The smallest absolute Gasteiger partial charge is 0.336 e. The van der Waals surface area contributed by atoms with Crippen molar-refractivity contribution in [2.75, 3.05) is 6.54 Å². The van der Waals surface area contributed by atoms with Crippen LogP contribution in [0.4, 0.5) is 0 Å². The first-order valence-corrected chi connectivity index (χ1v) is 8.14. The van der Waals surface area contributed by atoms with Gasteiger partial charge in [-0.25, -0.2) is 4.79 Å². The van der Waals surface area contributed by atoms with Gasteiger partial charge in [0.05, 0.1) is 0 Å². The molecule has 3 N–H and O–H groups in total. The average Bonchev–Trinajstić information content (AvgIpc) is 2.59. The SMILES string of the molecule is Cc1ccc2c(C[NH2+]C[C@@H](O)c3ccccc3)cc(=O)oc2c1C. The summed E-state index contributed by atoms with van der Waals surface area (Å²) in [4.78, 5) is 11.9. The van der Waals surface area contributed by atoms with Gasteiger partial charge in [-0.15, -0.1) is 0 Å². The molecule has 1 aromatic heterocycles. The van der Waals surface area contributed by atoms with E-state index in [1.807, 2.05) is 61.6 Å². The molecule has 24 heavy (non-hydrogen) atoms. The van der Waals surface area contributed by atoms with Crippen LogP contribution in [0, 0.1) is 13.8 Å². The Hall–Kier alpha value is -2.43. The number of fused-ring (bicyclic) bond motifs is 1. The molecule has 0 aliphatic carbocycles. The van der Waals surface area contributed by atoms with E-state index < -0.39 is 6.10 Å². The first kappa shape index (κ1) is 16.4. The molecular formula is C20H22NO3+. The minimum Gasteiger partial charge on any atom is -0.422 e. The summed E-state index contributed by atoms with van der Waals surface area (Å²) in [5, 5.41) is 13.2. The molecule has 0 aliphatic heterocycles. The highest BCUT2D eigenvalue weighted by molar-refractivity contribution is 5.83. The van der Waals surface area contributed by atoms with Crippen LogP contribution < -0.4 is 10.9 Å². The molecule has 0 saturated heterocycles. The van der Waals surface area contributed by atoms with Crippen LogP contribution in [0.5, 0.6) is 0 Å². The highest BCUT2D eigenvalue weighted by atomic mass is 16.4. The van der Waals surface area contributed by atoms with Gasteiger partial charge in [-0.05, 0) is 30.5 Å². The molecule has 4 nitrogen and oxygen atoms in total. The molecule has 0 bridgehead atoms. The monoisotopic (exact) mass is 324 g/mol. The Bertz CT molecular complexity index is 900. The lowest BCUT2D eigenvalue weighted by Gasteiger charge is -2.11. The van der Waals surface area contributed by atoms with E-state index in [9.17, 15) is 9.90 Å². The molecule has 2 aromatic carbocycles. The van der Waals surface area contributed by atoms with Gasteiger partial charge in [0.25, 0.3) is 0 Å². The summed E-state index contributed by atoms with van der Waals surface area (Å²) < 4.78 is 5.39. The molecule has 1 heterocycles. The molecule has 3 aromatic rings. The van der Waals surface area contributed by atoms with Crippen molar-refractivity contribution >= 4 is 11.0 Å². The van der Waals surface area contributed by atoms with Crippen molar-refractivity contribution < 1.29 is 14.8 Å². The fourth-order valence-electron chi connectivity index (χ4n) is 2.90. The Balaban J connectivity index is 1.78. The maximum atomic E-state index is 11.9. The predicted octanol–water partition coefficient (Wildman–Crippen LogP) is 2.21. The van der Waals surface area contributed by atoms with E-state index in [4.69, 9.17) is 4.42 Å². The molecule has 0 aliphatic rings. The molecule has 0 unspecified atom stereocenters. The van der Waals surface area contributed by atoms with Crippen LogP contribution in [0.1, 0.15) is 28.4 Å². The van der Waals surface area contributed by atoms with Crippen molar-refractivity contribution in [3.8, 4) is 0 Å². The number of nitrogens with two attached hydrogens (primary N) is 1. The Morgan fingerprint density at radius 2 is 1.88 bits per heavy atom. The summed E-state index contributed by atoms with van der Waals surface area (Å²) in [7, 11) is 0. The summed E-state index contributed by atoms with van der Waals surface area (Å²) in [5.41, 5.74) is 4.27. The van der Waals surface area contributed by atoms with Gasteiger partial charge in [-0.1, -0.05) is 42.5 Å². The van der Waals surface area contributed by atoms with E-state index in [0.29, 0.717) is 18.7 Å². The lowest BCUT2D eigenvalue weighted by atomic mass is 10.0. The number of rotatable bonds is 5. The third-order valence-corrected chi connectivity index (χ3v) is 4.46. The van der Waals surface area contributed by atoms with Crippen LogP contribution >= 0.6 is 0 Å². The summed E-state index contributed by atoms with van der Waals surface area (Å²) in [6.45, 7) is 5.13. The van der Waals surface area contributed by atoms with Gasteiger partial charge < -0.3 is 14.8 Å². The first-order valence-electron chi connectivity index (χ1n) is 8.14. The van der Waals surface area contributed by atoms with Gasteiger partial charge in [0, 0.05) is 17.0 Å². The van der Waals surface area contributed by atoms with Gasteiger partial charge in [0.15, 0.2) is 0 Å². The molecule has 0 fully saturated rings. The Labute approximate surface area is 140 Å². The fraction of sp³-hybridized carbons (Fsp3) is 0.250. The van der Waals surface area contributed by atoms with Crippen LogP contribution in [0.2, 0.25) is 0 Å². The van der Waals surface area contributed by atoms with Crippen molar-refractivity contribution in [2.45, 2.75) is 26.5 Å². The number of hydrogen-bond donors (Lipinski definition) is 2. The van der Waals surface area contributed by atoms with Gasteiger partial charge in [0.1, 0.15) is 24.8 Å². The van der Waals surface area contributed by atoms with Crippen LogP contribution in [0.3, 0.4) is 0 Å². The number of quaternary nitrogens is 1. The number of aliphatic hydroxyl groups is 1. The number of aliphatic hydroxyl groups excluding tert-OH is 1. The zero-order valence-electron chi connectivity index (χ0n) is 14.0. The minimum absolute atomic E-state index is 0.330. The van der Waals surface area contributed by atoms with E-state index in [2.05, 4.69) is 0 Å². The zero-order valence-corrected chi connectivity index (χ0v) is 14.0. The second-order valence-electron chi connectivity index (χ2n) is 6.13. The standard InChI is InChI=1S/C20H21NO3/c1-13-8-9-17-16(10-19(23)24-20(17)14(13)2)11-21-12-18(22)15-6-4-3-5-7-15/h3-10,18,21-22H,11-12H2,1-2H3/p+1/t18-/m1/s1. The molecule has 0 radical (unpaired) electrons. The molecule has 0 amide bonds. The second kappa shape index (κ2) is 6.99. The number of aryl methyl sites for hydroxylation is 2. The quantitative estimate of drug-likeness (QED) is 0.707. The first-order chi connectivity index (χ1) is 11.6. The highest BCUT2D eigenvalue weighted by Gasteiger charge is 2.13. The maximum Gasteiger partial charge on any atom is 0.336 e. The lowest BCUT2D eigenvalue weighted by molar-refractivity contribution is -0.677. The second-order valence-corrected chi connectivity index (χ2v) is 6.13. The van der Waals surface area contributed by atoms with Crippen molar-refractivity contribution in [1.82, 2.24) is 0 Å². The molecule has 124 valence electrons. The fourth-order valence-corrected chi connectivity index (χ4v) is 2.90. The summed E-state index contributed by atoms with van der Waals surface area (Å²) in [6.07, 6.45) is -0.526. The third kappa shape index (κ3) is 3.40. The topological polar surface area (TPSA) is 67.1 Å². The minimum atomic E-state index is -0.526. The highest BCUT2D eigenvalue weighted by Crippen LogP contribution is 2.22. The molecule has 0 saturated carbocycles. The Morgan fingerprint density at radius 1 is 1.12 bits per heavy atom. The normalized spacial score (nSPS) is 12.5.